The van der Waals surface area contributed by atoms with Gasteiger partial charge in [0.25, 0.3) is 5.69 Å². The Balaban J connectivity index is 1.71. The Bertz CT molecular complexity index is 663. The molecule has 0 spiro atoms. The van der Waals surface area contributed by atoms with E-state index in [9.17, 15) is 10.1 Å². The van der Waals surface area contributed by atoms with Crippen LogP contribution in [-0.2, 0) is 6.54 Å². The first kappa shape index (κ1) is 15.7. The fourth-order valence-electron chi connectivity index (χ4n) is 3.30. The molecule has 0 bridgehead atoms. The Morgan fingerprint density at radius 2 is 2.00 bits per heavy atom. The van der Waals surface area contributed by atoms with Crippen LogP contribution in [0, 0.1) is 10.1 Å². The zero-order chi connectivity index (χ0) is 16.2. The van der Waals surface area contributed by atoms with Crippen LogP contribution in [0.2, 0.25) is 0 Å². The van der Waals surface area contributed by atoms with Crippen molar-refractivity contribution in [1.82, 2.24) is 4.90 Å². The van der Waals surface area contributed by atoms with E-state index in [4.69, 9.17) is 4.42 Å². The summed E-state index contributed by atoms with van der Waals surface area (Å²) in [6.07, 6.45) is 5.02. The van der Waals surface area contributed by atoms with E-state index in [0.717, 1.165) is 30.2 Å². The Morgan fingerprint density at radius 1 is 1.22 bits per heavy atom. The van der Waals surface area contributed by atoms with Gasteiger partial charge in [-0.25, -0.2) is 0 Å². The van der Waals surface area contributed by atoms with Gasteiger partial charge in [-0.3, -0.25) is 15.0 Å². The highest BCUT2D eigenvalue weighted by molar-refractivity contribution is 5.59. The van der Waals surface area contributed by atoms with Crippen molar-refractivity contribution in [2.45, 2.75) is 45.2 Å². The molecule has 0 aliphatic carbocycles. The Hall–Kier alpha value is -2.14. The summed E-state index contributed by atoms with van der Waals surface area (Å²) in [7, 11) is 0. The van der Waals surface area contributed by atoms with Gasteiger partial charge in [0.05, 0.1) is 11.5 Å². The van der Waals surface area contributed by atoms with E-state index in [-0.39, 0.29) is 5.69 Å². The summed E-state index contributed by atoms with van der Waals surface area (Å²) in [6, 6.07) is 11.1. The maximum Gasteiger partial charge on any atom is 0.269 e. The zero-order valence-electron chi connectivity index (χ0n) is 13.4. The normalized spacial score (nSPS) is 18.9. The van der Waals surface area contributed by atoms with E-state index in [1.54, 1.807) is 12.1 Å². The Kier molecular flexibility index (Phi) is 4.76. The smallest absolute Gasteiger partial charge is 0.269 e. The van der Waals surface area contributed by atoms with E-state index in [0.29, 0.717) is 6.04 Å². The minimum Gasteiger partial charge on any atom is -0.460 e. The highest BCUT2D eigenvalue weighted by Gasteiger charge is 2.21. The van der Waals surface area contributed by atoms with Gasteiger partial charge in [0.2, 0.25) is 0 Å². The van der Waals surface area contributed by atoms with Gasteiger partial charge in [-0.1, -0.05) is 13.3 Å². The summed E-state index contributed by atoms with van der Waals surface area (Å²) < 4.78 is 5.95. The van der Waals surface area contributed by atoms with Gasteiger partial charge in [-0.05, 0) is 50.1 Å². The van der Waals surface area contributed by atoms with Crippen LogP contribution in [0.25, 0.3) is 11.3 Å². The predicted molar refractivity (Wildman–Crippen MR) is 89.1 cm³/mol. The van der Waals surface area contributed by atoms with Gasteiger partial charge in [0.1, 0.15) is 11.5 Å². The minimum atomic E-state index is -0.390. The fraction of sp³-hybridized carbons (Fsp3) is 0.444. The lowest BCUT2D eigenvalue weighted by Gasteiger charge is -2.34. The van der Waals surface area contributed by atoms with E-state index >= 15 is 0 Å². The number of hydrogen-bond donors (Lipinski definition) is 0. The molecule has 5 heteroatoms. The first-order valence-corrected chi connectivity index (χ1v) is 8.25. The molecule has 1 aliphatic heterocycles. The predicted octanol–water partition coefficient (Wildman–Crippen LogP) is 4.62. The maximum absolute atomic E-state index is 10.7. The lowest BCUT2D eigenvalue weighted by molar-refractivity contribution is -0.384. The molecule has 0 N–H and O–H groups in total. The number of nitro benzene ring substituents is 1. The minimum absolute atomic E-state index is 0.0969. The Labute approximate surface area is 136 Å². The molecule has 1 atom stereocenters. The summed E-state index contributed by atoms with van der Waals surface area (Å²) in [5.41, 5.74) is 0.965. The topological polar surface area (TPSA) is 59.5 Å². The van der Waals surface area contributed by atoms with Gasteiger partial charge >= 0.3 is 0 Å². The summed E-state index contributed by atoms with van der Waals surface area (Å²) in [6.45, 7) is 4.21. The summed E-state index contributed by atoms with van der Waals surface area (Å²) in [5, 5.41) is 10.7. The number of furan rings is 1. The van der Waals surface area contributed by atoms with Crippen molar-refractivity contribution < 1.29 is 9.34 Å². The van der Waals surface area contributed by atoms with E-state index in [1.807, 2.05) is 12.1 Å². The lowest BCUT2D eigenvalue weighted by atomic mass is 10.00. The van der Waals surface area contributed by atoms with Crippen LogP contribution >= 0.6 is 0 Å². The summed E-state index contributed by atoms with van der Waals surface area (Å²) in [5.74, 6) is 1.72. The Morgan fingerprint density at radius 3 is 2.70 bits per heavy atom. The van der Waals surface area contributed by atoms with Crippen LogP contribution in [0.4, 0.5) is 5.69 Å². The number of benzene rings is 1. The third-order valence-corrected chi connectivity index (χ3v) is 4.60. The van der Waals surface area contributed by atoms with Crippen molar-refractivity contribution in [1.29, 1.82) is 0 Å². The molecule has 1 saturated heterocycles. The van der Waals surface area contributed by atoms with Crippen LogP contribution in [0.15, 0.2) is 40.8 Å². The molecular formula is C18H22N2O3. The highest BCUT2D eigenvalue weighted by Crippen LogP contribution is 2.27. The maximum atomic E-state index is 10.7. The van der Waals surface area contributed by atoms with Crippen LogP contribution in [0.3, 0.4) is 0 Å². The molecule has 2 aromatic rings. The van der Waals surface area contributed by atoms with Crippen molar-refractivity contribution >= 4 is 5.69 Å². The number of nitro groups is 1. The number of nitrogens with zero attached hydrogens (tertiary/aromatic N) is 2. The molecule has 0 saturated carbocycles. The van der Waals surface area contributed by atoms with Gasteiger partial charge in [0.15, 0.2) is 0 Å². The van der Waals surface area contributed by atoms with Crippen molar-refractivity contribution in [3.63, 3.8) is 0 Å². The van der Waals surface area contributed by atoms with Crippen molar-refractivity contribution in [3.05, 3.63) is 52.3 Å². The zero-order valence-corrected chi connectivity index (χ0v) is 13.4. The summed E-state index contributed by atoms with van der Waals surface area (Å²) in [4.78, 5) is 12.8. The van der Waals surface area contributed by atoms with Crippen LogP contribution in [0.5, 0.6) is 0 Å². The van der Waals surface area contributed by atoms with Crippen LogP contribution in [0.1, 0.15) is 38.4 Å². The molecule has 122 valence electrons. The highest BCUT2D eigenvalue weighted by atomic mass is 16.6. The molecule has 1 unspecified atom stereocenters. The average molecular weight is 314 g/mol. The molecule has 0 radical (unpaired) electrons. The van der Waals surface area contributed by atoms with Gasteiger partial charge in [0, 0.05) is 23.7 Å². The largest absolute Gasteiger partial charge is 0.460 e. The third kappa shape index (κ3) is 3.62. The number of hydrogen-bond acceptors (Lipinski definition) is 4. The van der Waals surface area contributed by atoms with E-state index in [2.05, 4.69) is 11.8 Å². The van der Waals surface area contributed by atoms with Gasteiger partial charge < -0.3 is 4.42 Å². The van der Waals surface area contributed by atoms with Crippen molar-refractivity contribution in [2.75, 3.05) is 6.54 Å². The molecule has 5 nitrogen and oxygen atoms in total. The van der Waals surface area contributed by atoms with Crippen molar-refractivity contribution in [3.8, 4) is 11.3 Å². The average Bonchev–Trinajstić information content (AvgIpc) is 3.04. The van der Waals surface area contributed by atoms with Crippen LogP contribution < -0.4 is 0 Å². The fourth-order valence-corrected chi connectivity index (χ4v) is 3.30. The van der Waals surface area contributed by atoms with Gasteiger partial charge in [-0.2, -0.15) is 0 Å². The molecule has 23 heavy (non-hydrogen) atoms. The van der Waals surface area contributed by atoms with Gasteiger partial charge in [-0.15, -0.1) is 0 Å². The second-order valence-corrected chi connectivity index (χ2v) is 6.10. The summed E-state index contributed by atoms with van der Waals surface area (Å²) >= 11 is 0. The molecule has 0 amide bonds. The quantitative estimate of drug-likeness (QED) is 0.597. The number of rotatable bonds is 5. The standard InChI is InChI=1S/C18H22N2O3/c1-2-15-5-3-4-12-19(15)13-17-10-11-18(23-17)14-6-8-16(9-7-14)20(21)22/h6-11,15H,2-5,12-13H2,1H3. The molecule has 1 aromatic heterocycles. The van der Waals surface area contributed by atoms with Crippen LogP contribution in [-0.4, -0.2) is 22.4 Å². The first-order valence-electron chi connectivity index (χ1n) is 8.25. The van der Waals surface area contributed by atoms with Crippen molar-refractivity contribution in [2.24, 2.45) is 0 Å². The molecule has 1 aromatic carbocycles. The van der Waals surface area contributed by atoms with E-state index < -0.39 is 4.92 Å². The SMILES string of the molecule is CCC1CCCCN1Cc1ccc(-c2ccc([N+](=O)[O-])cc2)o1. The number of likely N-dealkylation sites (tertiary alicyclic amines) is 1. The second kappa shape index (κ2) is 6.96. The molecule has 3 rings (SSSR count). The van der Waals surface area contributed by atoms with E-state index in [1.165, 1.54) is 37.8 Å². The first-order chi connectivity index (χ1) is 11.2. The lowest BCUT2D eigenvalue weighted by Crippen LogP contribution is -2.38. The molecule has 1 fully saturated rings. The monoisotopic (exact) mass is 314 g/mol. The second-order valence-electron chi connectivity index (χ2n) is 6.10. The number of non-ortho nitro benzene ring substituents is 1. The molecule has 2 heterocycles. The number of piperidine rings is 1. The molecule has 1 aliphatic rings. The third-order valence-electron chi connectivity index (χ3n) is 4.60. The molecular weight excluding hydrogens is 292 g/mol.